The second-order valence-electron chi connectivity index (χ2n) is 6.53. The number of benzene rings is 3. The lowest BCUT2D eigenvalue weighted by Crippen LogP contribution is -2.03. The largest absolute Gasteiger partial charge is 0.491 e. The van der Waals surface area contributed by atoms with Crippen LogP contribution in [0, 0.1) is 0 Å². The number of aliphatic hydroxyl groups excluding tert-OH is 1. The summed E-state index contributed by atoms with van der Waals surface area (Å²) in [6, 6.07) is 27.6. The van der Waals surface area contributed by atoms with Gasteiger partial charge in [0.25, 0.3) is 0 Å². The van der Waals surface area contributed by atoms with E-state index in [0.29, 0.717) is 6.61 Å². The first-order valence-corrected chi connectivity index (χ1v) is 9.28. The highest BCUT2D eigenvalue weighted by Crippen LogP contribution is 2.20. The number of rotatable bonds is 9. The van der Waals surface area contributed by atoms with Crippen LogP contribution in [0.5, 0.6) is 5.75 Å². The first kappa shape index (κ1) is 18.2. The molecule has 26 heavy (non-hydrogen) atoms. The summed E-state index contributed by atoms with van der Waals surface area (Å²) in [7, 11) is 0. The van der Waals surface area contributed by atoms with E-state index >= 15 is 0 Å². The minimum atomic E-state index is 0.0353. The van der Waals surface area contributed by atoms with E-state index < -0.39 is 0 Å². The molecule has 0 atom stereocenters. The van der Waals surface area contributed by atoms with Gasteiger partial charge in [-0.1, -0.05) is 66.7 Å². The van der Waals surface area contributed by atoms with Gasteiger partial charge in [-0.25, -0.2) is 0 Å². The molecule has 3 aromatic rings. The van der Waals surface area contributed by atoms with Crippen LogP contribution in [0.3, 0.4) is 0 Å². The van der Waals surface area contributed by atoms with Gasteiger partial charge in [-0.15, -0.1) is 0 Å². The van der Waals surface area contributed by atoms with Crippen LogP contribution in [0.2, 0.25) is 0 Å². The Bertz CT molecular complexity index is 720. The van der Waals surface area contributed by atoms with Gasteiger partial charge in [0, 0.05) is 0 Å². The lowest BCUT2D eigenvalue weighted by molar-refractivity contribution is 0.201. The molecule has 0 radical (unpaired) electrons. The summed E-state index contributed by atoms with van der Waals surface area (Å²) < 4.78 is 5.69. The molecule has 0 fully saturated rings. The van der Waals surface area contributed by atoms with Crippen LogP contribution >= 0.6 is 0 Å². The van der Waals surface area contributed by atoms with Crippen molar-refractivity contribution in [3.8, 4) is 5.75 Å². The fraction of sp³-hybridized carbons (Fsp3) is 0.250. The Kier molecular flexibility index (Phi) is 6.86. The van der Waals surface area contributed by atoms with Crippen molar-refractivity contribution in [3.05, 3.63) is 101 Å². The van der Waals surface area contributed by atoms with Gasteiger partial charge in [0.15, 0.2) is 0 Å². The van der Waals surface area contributed by atoms with E-state index in [2.05, 4.69) is 78.9 Å². The molecule has 0 aliphatic heterocycles. The van der Waals surface area contributed by atoms with Crippen LogP contribution < -0.4 is 4.74 Å². The molecule has 0 aliphatic rings. The first-order chi connectivity index (χ1) is 12.8. The molecule has 0 aliphatic carbocycles. The zero-order chi connectivity index (χ0) is 18.0. The van der Waals surface area contributed by atoms with Gasteiger partial charge in [0.1, 0.15) is 12.4 Å². The topological polar surface area (TPSA) is 29.5 Å². The van der Waals surface area contributed by atoms with Crippen LogP contribution in [0.4, 0.5) is 0 Å². The van der Waals surface area contributed by atoms with Crippen molar-refractivity contribution in [3.63, 3.8) is 0 Å². The third-order valence-corrected chi connectivity index (χ3v) is 4.48. The quantitative estimate of drug-likeness (QED) is 0.612. The van der Waals surface area contributed by atoms with Gasteiger partial charge in [-0.05, 0) is 60.1 Å². The average Bonchev–Trinajstić information content (AvgIpc) is 2.71. The molecule has 0 heterocycles. The number of ether oxygens (including phenoxy) is 1. The molecule has 2 heteroatoms. The van der Waals surface area contributed by atoms with E-state index in [1.165, 1.54) is 22.3 Å². The monoisotopic (exact) mass is 346 g/mol. The third-order valence-electron chi connectivity index (χ3n) is 4.48. The van der Waals surface area contributed by atoms with Crippen molar-refractivity contribution >= 4 is 0 Å². The Labute approximate surface area is 156 Å². The highest BCUT2D eigenvalue weighted by Gasteiger charge is 2.04. The van der Waals surface area contributed by atoms with Gasteiger partial charge < -0.3 is 9.84 Å². The summed E-state index contributed by atoms with van der Waals surface area (Å²) in [5.41, 5.74) is 5.26. The van der Waals surface area contributed by atoms with Crippen LogP contribution in [-0.2, 0) is 25.7 Å². The van der Waals surface area contributed by atoms with Gasteiger partial charge in [0.05, 0.1) is 6.61 Å². The van der Waals surface area contributed by atoms with Gasteiger partial charge in [-0.2, -0.15) is 0 Å². The molecule has 0 unspecified atom stereocenters. The van der Waals surface area contributed by atoms with Crippen molar-refractivity contribution in [1.82, 2.24) is 0 Å². The minimum absolute atomic E-state index is 0.0353. The summed E-state index contributed by atoms with van der Waals surface area (Å²) >= 11 is 0. The Morgan fingerprint density at radius 1 is 0.577 bits per heavy atom. The van der Waals surface area contributed by atoms with Gasteiger partial charge in [0.2, 0.25) is 0 Å². The zero-order valence-corrected chi connectivity index (χ0v) is 15.1. The standard InChI is InChI=1S/C24H26O2/c25-15-16-26-24-18-22(13-11-20-7-3-1-4-8-20)17-23(19-24)14-12-21-9-5-2-6-10-21/h1-10,17-19,25H,11-16H2. The normalized spacial score (nSPS) is 10.7. The highest BCUT2D eigenvalue weighted by atomic mass is 16.5. The number of hydrogen-bond donors (Lipinski definition) is 1. The SMILES string of the molecule is OCCOc1cc(CCc2ccccc2)cc(CCc2ccccc2)c1. The van der Waals surface area contributed by atoms with Crippen LogP contribution in [0.15, 0.2) is 78.9 Å². The fourth-order valence-electron chi connectivity index (χ4n) is 3.13. The highest BCUT2D eigenvalue weighted by molar-refractivity contribution is 5.36. The van der Waals surface area contributed by atoms with E-state index in [1.54, 1.807) is 0 Å². The predicted molar refractivity (Wildman–Crippen MR) is 107 cm³/mol. The molecule has 0 spiro atoms. The molecule has 0 amide bonds. The van der Waals surface area contributed by atoms with Gasteiger partial charge in [-0.3, -0.25) is 0 Å². The lowest BCUT2D eigenvalue weighted by atomic mass is 9.99. The number of hydrogen-bond acceptors (Lipinski definition) is 2. The number of aryl methyl sites for hydroxylation is 4. The maximum absolute atomic E-state index is 9.05. The molecular weight excluding hydrogens is 320 g/mol. The maximum Gasteiger partial charge on any atom is 0.119 e. The molecule has 1 N–H and O–H groups in total. The smallest absolute Gasteiger partial charge is 0.119 e. The Balaban J connectivity index is 1.70. The van der Waals surface area contributed by atoms with E-state index in [0.717, 1.165) is 31.4 Å². The number of aliphatic hydroxyl groups is 1. The maximum atomic E-state index is 9.05. The van der Waals surface area contributed by atoms with Crippen LogP contribution in [0.25, 0.3) is 0 Å². The molecule has 134 valence electrons. The average molecular weight is 346 g/mol. The summed E-state index contributed by atoms with van der Waals surface area (Å²) in [4.78, 5) is 0. The lowest BCUT2D eigenvalue weighted by Gasteiger charge is -2.11. The van der Waals surface area contributed by atoms with Crippen molar-refractivity contribution < 1.29 is 9.84 Å². The molecule has 0 saturated heterocycles. The summed E-state index contributed by atoms with van der Waals surface area (Å²) in [6.07, 6.45) is 4.00. The molecule has 3 aromatic carbocycles. The Morgan fingerprint density at radius 3 is 1.50 bits per heavy atom. The van der Waals surface area contributed by atoms with E-state index in [4.69, 9.17) is 9.84 Å². The third kappa shape index (κ3) is 5.75. The minimum Gasteiger partial charge on any atom is -0.491 e. The van der Waals surface area contributed by atoms with E-state index in [9.17, 15) is 0 Å². The summed E-state index contributed by atoms with van der Waals surface area (Å²) in [5.74, 6) is 0.854. The first-order valence-electron chi connectivity index (χ1n) is 9.28. The fourth-order valence-corrected chi connectivity index (χ4v) is 3.13. The molecule has 3 rings (SSSR count). The predicted octanol–water partition coefficient (Wildman–Crippen LogP) is 4.63. The van der Waals surface area contributed by atoms with Crippen molar-refractivity contribution in [2.75, 3.05) is 13.2 Å². The van der Waals surface area contributed by atoms with Crippen molar-refractivity contribution in [2.45, 2.75) is 25.7 Å². The molecule has 0 bridgehead atoms. The van der Waals surface area contributed by atoms with Gasteiger partial charge >= 0.3 is 0 Å². The Morgan fingerprint density at radius 2 is 1.04 bits per heavy atom. The summed E-state index contributed by atoms with van der Waals surface area (Å²) in [5, 5.41) is 9.05. The molecule has 0 saturated carbocycles. The van der Waals surface area contributed by atoms with Crippen LogP contribution in [0.1, 0.15) is 22.3 Å². The second-order valence-corrected chi connectivity index (χ2v) is 6.53. The molecule has 2 nitrogen and oxygen atoms in total. The van der Waals surface area contributed by atoms with E-state index in [1.807, 2.05) is 0 Å². The van der Waals surface area contributed by atoms with Crippen molar-refractivity contribution in [2.24, 2.45) is 0 Å². The Hall–Kier alpha value is -2.58. The van der Waals surface area contributed by atoms with Crippen LogP contribution in [-0.4, -0.2) is 18.3 Å². The summed E-state index contributed by atoms with van der Waals surface area (Å²) in [6.45, 7) is 0.369. The second kappa shape index (κ2) is 9.79. The molecule has 0 aromatic heterocycles. The zero-order valence-electron chi connectivity index (χ0n) is 15.1. The van der Waals surface area contributed by atoms with Crippen molar-refractivity contribution in [1.29, 1.82) is 0 Å². The van der Waals surface area contributed by atoms with E-state index in [-0.39, 0.29) is 6.61 Å². The molecular formula is C24H26O2.